The predicted molar refractivity (Wildman–Crippen MR) is 55.3 cm³/mol. The van der Waals surface area contributed by atoms with E-state index in [0.717, 1.165) is 31.8 Å². The van der Waals surface area contributed by atoms with Crippen LogP contribution in [0.1, 0.15) is 32.1 Å². The van der Waals surface area contributed by atoms with Crippen LogP contribution in [0.25, 0.3) is 0 Å². The van der Waals surface area contributed by atoms with E-state index in [4.69, 9.17) is 0 Å². The van der Waals surface area contributed by atoms with E-state index in [2.05, 4.69) is 15.6 Å². The van der Waals surface area contributed by atoms with E-state index >= 15 is 0 Å². The fraction of sp³-hybridized carbons (Fsp3) is 0.800. The monoisotopic (exact) mass is 195 g/mol. The van der Waals surface area contributed by atoms with E-state index in [9.17, 15) is 4.79 Å². The summed E-state index contributed by atoms with van der Waals surface area (Å²) in [7, 11) is 0. The molecule has 2 aliphatic rings. The molecule has 1 atom stereocenters. The quantitative estimate of drug-likeness (QED) is 0.671. The highest BCUT2D eigenvalue weighted by Crippen LogP contribution is 2.07. The molecule has 2 rings (SSSR count). The van der Waals surface area contributed by atoms with E-state index < -0.39 is 0 Å². The Balaban J connectivity index is 1.71. The highest BCUT2D eigenvalue weighted by Gasteiger charge is 2.20. The lowest BCUT2D eigenvalue weighted by Crippen LogP contribution is -2.39. The second kappa shape index (κ2) is 4.44. The van der Waals surface area contributed by atoms with Crippen LogP contribution in [0, 0.1) is 0 Å². The molecule has 2 heterocycles. The molecule has 0 bridgehead atoms. The molecule has 0 aliphatic carbocycles. The third-order valence-electron chi connectivity index (χ3n) is 2.76. The standard InChI is InChI=1S/C10H17N3O/c14-10-5-4-8(13-10)7-12-9-3-1-2-6-11-9/h8H,1-7H2,(H,11,12)(H,13,14). The van der Waals surface area contributed by atoms with Crippen molar-refractivity contribution in [2.75, 3.05) is 13.1 Å². The fourth-order valence-corrected chi connectivity index (χ4v) is 1.91. The summed E-state index contributed by atoms with van der Waals surface area (Å²) >= 11 is 0. The molecule has 0 radical (unpaired) electrons. The minimum atomic E-state index is 0.183. The van der Waals surface area contributed by atoms with Crippen molar-refractivity contribution >= 4 is 11.7 Å². The molecule has 1 unspecified atom stereocenters. The van der Waals surface area contributed by atoms with Crippen LogP contribution in [0.15, 0.2) is 4.99 Å². The molecule has 0 spiro atoms. The Morgan fingerprint density at radius 3 is 3.00 bits per heavy atom. The molecular weight excluding hydrogens is 178 g/mol. The van der Waals surface area contributed by atoms with Crippen LogP contribution < -0.4 is 10.6 Å². The van der Waals surface area contributed by atoms with Crippen LogP contribution in [-0.2, 0) is 4.79 Å². The SMILES string of the molecule is O=C1CCC(CNC2=NCCCC2)N1. The van der Waals surface area contributed by atoms with Gasteiger partial charge in [0, 0.05) is 32.0 Å². The molecule has 78 valence electrons. The zero-order valence-corrected chi connectivity index (χ0v) is 8.38. The summed E-state index contributed by atoms with van der Waals surface area (Å²) in [6.45, 7) is 1.80. The van der Waals surface area contributed by atoms with Crippen molar-refractivity contribution < 1.29 is 4.79 Å². The van der Waals surface area contributed by atoms with Gasteiger partial charge in [0.1, 0.15) is 0 Å². The first-order valence-electron chi connectivity index (χ1n) is 5.41. The number of aliphatic imine (C=N–C) groups is 1. The second-order valence-corrected chi connectivity index (χ2v) is 3.97. The molecule has 1 fully saturated rings. The van der Waals surface area contributed by atoms with Crippen LogP contribution in [0.5, 0.6) is 0 Å². The van der Waals surface area contributed by atoms with Crippen LogP contribution in [0.3, 0.4) is 0 Å². The van der Waals surface area contributed by atoms with Gasteiger partial charge in [0.2, 0.25) is 5.91 Å². The average Bonchev–Trinajstić information content (AvgIpc) is 2.63. The minimum Gasteiger partial charge on any atom is -0.372 e. The highest BCUT2D eigenvalue weighted by molar-refractivity contribution is 5.83. The third-order valence-corrected chi connectivity index (χ3v) is 2.76. The van der Waals surface area contributed by atoms with Gasteiger partial charge in [-0.1, -0.05) is 0 Å². The summed E-state index contributed by atoms with van der Waals surface area (Å²) in [5.74, 6) is 1.31. The molecule has 14 heavy (non-hydrogen) atoms. The lowest BCUT2D eigenvalue weighted by atomic mass is 10.1. The molecule has 0 aromatic heterocycles. The summed E-state index contributed by atoms with van der Waals surface area (Å²) in [4.78, 5) is 15.3. The van der Waals surface area contributed by atoms with Gasteiger partial charge in [0.15, 0.2) is 0 Å². The lowest BCUT2D eigenvalue weighted by molar-refractivity contribution is -0.119. The van der Waals surface area contributed by atoms with E-state index in [-0.39, 0.29) is 5.91 Å². The van der Waals surface area contributed by atoms with Crippen molar-refractivity contribution in [3.05, 3.63) is 0 Å². The first kappa shape index (κ1) is 9.49. The number of carbonyl (C=O) groups is 1. The van der Waals surface area contributed by atoms with E-state index in [1.807, 2.05) is 0 Å². The average molecular weight is 195 g/mol. The molecule has 4 nitrogen and oxygen atoms in total. The third kappa shape index (κ3) is 2.47. The maximum Gasteiger partial charge on any atom is 0.220 e. The summed E-state index contributed by atoms with van der Waals surface area (Å²) in [5, 5.41) is 6.26. The topological polar surface area (TPSA) is 53.5 Å². The first-order chi connectivity index (χ1) is 6.84. The Morgan fingerprint density at radius 1 is 1.43 bits per heavy atom. The van der Waals surface area contributed by atoms with Gasteiger partial charge in [0.05, 0.1) is 5.84 Å². The van der Waals surface area contributed by atoms with Crippen molar-refractivity contribution in [3.8, 4) is 0 Å². The molecule has 0 aromatic carbocycles. The van der Waals surface area contributed by atoms with Gasteiger partial charge in [-0.15, -0.1) is 0 Å². The van der Waals surface area contributed by atoms with Crippen molar-refractivity contribution in [1.29, 1.82) is 0 Å². The van der Waals surface area contributed by atoms with Crippen LogP contribution in [-0.4, -0.2) is 30.9 Å². The van der Waals surface area contributed by atoms with Crippen LogP contribution in [0.2, 0.25) is 0 Å². The number of rotatable bonds is 2. The van der Waals surface area contributed by atoms with E-state index in [1.54, 1.807) is 0 Å². The van der Waals surface area contributed by atoms with Gasteiger partial charge in [-0.25, -0.2) is 0 Å². The Hall–Kier alpha value is -1.06. The Labute approximate surface area is 84.2 Å². The zero-order chi connectivity index (χ0) is 9.80. The number of hydrogen-bond donors (Lipinski definition) is 2. The van der Waals surface area contributed by atoms with Gasteiger partial charge in [-0.3, -0.25) is 9.79 Å². The number of amidine groups is 1. The van der Waals surface area contributed by atoms with Gasteiger partial charge in [-0.2, -0.15) is 0 Å². The minimum absolute atomic E-state index is 0.183. The summed E-state index contributed by atoms with van der Waals surface area (Å²) < 4.78 is 0. The normalized spacial score (nSPS) is 27.0. The molecule has 1 amide bonds. The Morgan fingerprint density at radius 2 is 2.36 bits per heavy atom. The van der Waals surface area contributed by atoms with E-state index in [1.165, 1.54) is 12.8 Å². The first-order valence-corrected chi connectivity index (χ1v) is 5.41. The predicted octanol–water partition coefficient (Wildman–Crippen LogP) is 0.437. The molecule has 0 saturated carbocycles. The van der Waals surface area contributed by atoms with E-state index in [0.29, 0.717) is 12.5 Å². The Kier molecular flexibility index (Phi) is 3.01. The largest absolute Gasteiger partial charge is 0.372 e. The van der Waals surface area contributed by atoms with Gasteiger partial charge < -0.3 is 10.6 Å². The molecule has 0 aromatic rings. The van der Waals surface area contributed by atoms with Gasteiger partial charge >= 0.3 is 0 Å². The number of nitrogens with one attached hydrogen (secondary N) is 2. The highest BCUT2D eigenvalue weighted by atomic mass is 16.1. The second-order valence-electron chi connectivity index (χ2n) is 3.97. The molecule has 2 aliphatic heterocycles. The lowest BCUT2D eigenvalue weighted by Gasteiger charge is -2.16. The zero-order valence-electron chi connectivity index (χ0n) is 8.38. The Bertz CT molecular complexity index is 250. The number of hydrogen-bond acceptors (Lipinski definition) is 3. The molecule has 1 saturated heterocycles. The fourth-order valence-electron chi connectivity index (χ4n) is 1.91. The molecule has 2 N–H and O–H groups in total. The van der Waals surface area contributed by atoms with Crippen molar-refractivity contribution in [2.24, 2.45) is 4.99 Å². The maximum absolute atomic E-state index is 10.9. The van der Waals surface area contributed by atoms with Crippen molar-refractivity contribution in [3.63, 3.8) is 0 Å². The maximum atomic E-state index is 10.9. The number of carbonyl (C=O) groups excluding carboxylic acids is 1. The van der Waals surface area contributed by atoms with Crippen LogP contribution >= 0.6 is 0 Å². The number of nitrogens with zero attached hydrogens (tertiary/aromatic N) is 1. The smallest absolute Gasteiger partial charge is 0.220 e. The van der Waals surface area contributed by atoms with Crippen molar-refractivity contribution in [1.82, 2.24) is 10.6 Å². The summed E-state index contributed by atoms with van der Waals surface area (Å²) in [6, 6.07) is 0.312. The van der Waals surface area contributed by atoms with Gasteiger partial charge in [0.25, 0.3) is 0 Å². The van der Waals surface area contributed by atoms with Crippen LogP contribution in [0.4, 0.5) is 0 Å². The van der Waals surface area contributed by atoms with Crippen molar-refractivity contribution in [2.45, 2.75) is 38.1 Å². The summed E-state index contributed by atoms with van der Waals surface area (Å²) in [5.41, 5.74) is 0. The van der Waals surface area contributed by atoms with Gasteiger partial charge in [-0.05, 0) is 19.3 Å². The molecule has 4 heteroatoms. The summed E-state index contributed by atoms with van der Waals surface area (Å²) in [6.07, 6.45) is 5.16. The molecular formula is C10H17N3O. The number of amides is 1.